The number of hydrogen-bond donors (Lipinski definition) is 0. The molecule has 16 heavy (non-hydrogen) atoms. The maximum Gasteiger partial charge on any atom is 0.336 e. The van der Waals surface area contributed by atoms with Crippen LogP contribution in [0, 0.1) is 0 Å². The van der Waals surface area contributed by atoms with Crippen molar-refractivity contribution in [3.8, 4) is 0 Å². The summed E-state index contributed by atoms with van der Waals surface area (Å²) in [7, 11) is 1.39. The van der Waals surface area contributed by atoms with E-state index < -0.39 is 5.60 Å². The highest BCUT2D eigenvalue weighted by molar-refractivity contribution is 5.92. The molecule has 0 N–H and O–H groups in total. The van der Waals surface area contributed by atoms with E-state index in [1.165, 1.54) is 7.11 Å². The van der Waals surface area contributed by atoms with E-state index in [1.807, 2.05) is 37.3 Å². The molecule has 3 nitrogen and oxygen atoms in total. The van der Waals surface area contributed by atoms with Gasteiger partial charge >= 0.3 is 5.97 Å². The number of ether oxygens (including phenoxy) is 2. The summed E-state index contributed by atoms with van der Waals surface area (Å²) in [6.45, 7) is 1.92. The van der Waals surface area contributed by atoms with E-state index in [1.54, 1.807) is 0 Å². The van der Waals surface area contributed by atoms with Crippen LogP contribution in [-0.4, -0.2) is 13.1 Å². The number of methoxy groups -OCH3 is 1. The van der Waals surface area contributed by atoms with Gasteiger partial charge < -0.3 is 9.47 Å². The Morgan fingerprint density at radius 3 is 2.94 bits per heavy atom. The number of fused-ring (bicyclic) bond motifs is 5. The number of hydrogen-bond acceptors (Lipinski definition) is 3. The smallest absolute Gasteiger partial charge is 0.336 e. The third kappa shape index (κ3) is 0.985. The minimum absolute atomic E-state index is 0.102. The number of esters is 1. The van der Waals surface area contributed by atoms with E-state index >= 15 is 0 Å². The Hall–Kier alpha value is -1.61. The normalized spacial score (nSPS) is 29.9. The molecular weight excluding hydrogens is 204 g/mol. The first-order valence-electron chi connectivity index (χ1n) is 5.24. The van der Waals surface area contributed by atoms with Gasteiger partial charge in [-0.1, -0.05) is 24.3 Å². The SMILES string of the molecule is COC(=O)C1=C[C@@H]2O[C@@]1(C)c1ccccc12. The molecule has 2 atom stereocenters. The van der Waals surface area contributed by atoms with Gasteiger partial charge in [0.15, 0.2) is 0 Å². The summed E-state index contributed by atoms with van der Waals surface area (Å²) in [5, 5.41) is 0. The maximum atomic E-state index is 11.6. The standard InChI is InChI=1S/C13H12O3/c1-13-9-6-4-3-5-8(9)11(16-13)7-10(13)12(14)15-2/h3-7,11H,1-2H3/t11-,13-/m0/s1. The summed E-state index contributed by atoms with van der Waals surface area (Å²) in [5.74, 6) is -0.306. The highest BCUT2D eigenvalue weighted by atomic mass is 16.5. The molecule has 82 valence electrons. The average molecular weight is 216 g/mol. The minimum atomic E-state index is -0.631. The summed E-state index contributed by atoms with van der Waals surface area (Å²) in [5.41, 5.74) is 2.20. The molecule has 0 spiro atoms. The molecule has 1 aromatic carbocycles. The van der Waals surface area contributed by atoms with E-state index in [4.69, 9.17) is 9.47 Å². The predicted molar refractivity (Wildman–Crippen MR) is 57.7 cm³/mol. The van der Waals surface area contributed by atoms with Crippen LogP contribution in [0.15, 0.2) is 35.9 Å². The van der Waals surface area contributed by atoms with Crippen LogP contribution >= 0.6 is 0 Å². The molecule has 2 aliphatic rings. The molecule has 0 saturated heterocycles. The second-order valence-corrected chi connectivity index (χ2v) is 4.23. The highest BCUT2D eigenvalue weighted by Crippen LogP contribution is 2.53. The molecule has 0 unspecified atom stereocenters. The second-order valence-electron chi connectivity index (χ2n) is 4.23. The van der Waals surface area contributed by atoms with Crippen LogP contribution in [-0.2, 0) is 19.9 Å². The van der Waals surface area contributed by atoms with Crippen molar-refractivity contribution in [2.75, 3.05) is 7.11 Å². The van der Waals surface area contributed by atoms with E-state index in [9.17, 15) is 4.79 Å². The van der Waals surface area contributed by atoms with Crippen molar-refractivity contribution < 1.29 is 14.3 Å². The molecule has 2 heterocycles. The Labute approximate surface area is 93.7 Å². The zero-order valence-electron chi connectivity index (χ0n) is 9.19. The Balaban J connectivity index is 2.14. The Morgan fingerprint density at radius 1 is 1.44 bits per heavy atom. The van der Waals surface area contributed by atoms with Gasteiger partial charge in [-0.3, -0.25) is 0 Å². The van der Waals surface area contributed by atoms with Crippen molar-refractivity contribution in [1.29, 1.82) is 0 Å². The maximum absolute atomic E-state index is 11.6. The van der Waals surface area contributed by atoms with Crippen LogP contribution in [0.2, 0.25) is 0 Å². The highest BCUT2D eigenvalue weighted by Gasteiger charge is 2.51. The van der Waals surface area contributed by atoms with Gasteiger partial charge in [0.1, 0.15) is 11.7 Å². The molecular formula is C13H12O3. The van der Waals surface area contributed by atoms with Crippen LogP contribution in [0.1, 0.15) is 24.2 Å². The first kappa shape index (κ1) is 9.60. The van der Waals surface area contributed by atoms with Crippen molar-refractivity contribution in [2.24, 2.45) is 0 Å². The fraction of sp³-hybridized carbons (Fsp3) is 0.308. The molecule has 3 heteroatoms. The summed E-state index contributed by atoms with van der Waals surface area (Å²) >= 11 is 0. The zero-order chi connectivity index (χ0) is 11.3. The van der Waals surface area contributed by atoms with Crippen LogP contribution in [0.25, 0.3) is 0 Å². The fourth-order valence-electron chi connectivity index (χ4n) is 2.58. The van der Waals surface area contributed by atoms with Gasteiger partial charge in [-0.25, -0.2) is 4.79 Å². The Kier molecular flexibility index (Phi) is 1.77. The molecule has 0 radical (unpaired) electrons. The van der Waals surface area contributed by atoms with Crippen LogP contribution in [0.5, 0.6) is 0 Å². The molecule has 2 aliphatic heterocycles. The molecule has 0 aromatic heterocycles. The molecule has 0 fully saturated rings. The second kappa shape index (κ2) is 2.95. The van der Waals surface area contributed by atoms with Crippen LogP contribution < -0.4 is 0 Å². The minimum Gasteiger partial charge on any atom is -0.466 e. The van der Waals surface area contributed by atoms with E-state index in [0.29, 0.717) is 5.57 Å². The lowest BCUT2D eigenvalue weighted by molar-refractivity contribution is -0.138. The third-order valence-electron chi connectivity index (χ3n) is 3.38. The van der Waals surface area contributed by atoms with Gasteiger partial charge in [0.25, 0.3) is 0 Å². The van der Waals surface area contributed by atoms with Gasteiger partial charge in [-0.05, 0) is 24.1 Å². The Bertz CT molecular complexity index is 504. The molecule has 2 bridgehead atoms. The van der Waals surface area contributed by atoms with Crippen molar-refractivity contribution in [2.45, 2.75) is 18.6 Å². The predicted octanol–water partition coefficient (Wildman–Crippen LogP) is 2.09. The monoisotopic (exact) mass is 216 g/mol. The van der Waals surface area contributed by atoms with E-state index in [0.717, 1.165) is 11.1 Å². The molecule has 1 aromatic rings. The average Bonchev–Trinajstić information content (AvgIpc) is 2.80. The van der Waals surface area contributed by atoms with Gasteiger partial charge in [0.05, 0.1) is 12.7 Å². The molecule has 0 saturated carbocycles. The third-order valence-corrected chi connectivity index (χ3v) is 3.38. The number of carbonyl (C=O) groups is 1. The van der Waals surface area contributed by atoms with E-state index in [2.05, 4.69) is 0 Å². The Morgan fingerprint density at radius 2 is 2.19 bits per heavy atom. The zero-order valence-corrected chi connectivity index (χ0v) is 9.19. The fourth-order valence-corrected chi connectivity index (χ4v) is 2.58. The summed E-state index contributed by atoms with van der Waals surface area (Å²) in [6, 6.07) is 7.99. The van der Waals surface area contributed by atoms with Crippen LogP contribution in [0.3, 0.4) is 0 Å². The first-order valence-corrected chi connectivity index (χ1v) is 5.24. The lowest BCUT2D eigenvalue weighted by Gasteiger charge is -2.23. The first-order chi connectivity index (χ1) is 7.66. The van der Waals surface area contributed by atoms with Crippen molar-refractivity contribution >= 4 is 5.97 Å². The topological polar surface area (TPSA) is 35.5 Å². The van der Waals surface area contributed by atoms with Crippen molar-refractivity contribution in [3.05, 3.63) is 47.0 Å². The van der Waals surface area contributed by atoms with Gasteiger partial charge in [-0.2, -0.15) is 0 Å². The lowest BCUT2D eigenvalue weighted by atomic mass is 9.82. The van der Waals surface area contributed by atoms with Crippen molar-refractivity contribution in [3.63, 3.8) is 0 Å². The number of rotatable bonds is 1. The quantitative estimate of drug-likeness (QED) is 0.674. The molecule has 0 aliphatic carbocycles. The number of benzene rings is 1. The van der Waals surface area contributed by atoms with Gasteiger partial charge in [-0.15, -0.1) is 0 Å². The van der Waals surface area contributed by atoms with Crippen molar-refractivity contribution in [1.82, 2.24) is 0 Å². The van der Waals surface area contributed by atoms with Gasteiger partial charge in [0.2, 0.25) is 0 Å². The van der Waals surface area contributed by atoms with Crippen LogP contribution in [0.4, 0.5) is 0 Å². The molecule has 3 rings (SSSR count). The van der Waals surface area contributed by atoms with E-state index in [-0.39, 0.29) is 12.1 Å². The molecule has 0 amide bonds. The summed E-state index contributed by atoms with van der Waals surface area (Å²) in [6.07, 6.45) is 1.75. The summed E-state index contributed by atoms with van der Waals surface area (Å²) in [4.78, 5) is 11.6. The summed E-state index contributed by atoms with van der Waals surface area (Å²) < 4.78 is 10.7. The van der Waals surface area contributed by atoms with Gasteiger partial charge in [0, 0.05) is 0 Å². The largest absolute Gasteiger partial charge is 0.466 e. The lowest BCUT2D eigenvalue weighted by Crippen LogP contribution is -2.27. The number of carbonyl (C=O) groups excluding carboxylic acids is 1.